The largest absolute Gasteiger partial charge is 0.483 e. The SMILES string of the molecule is CC.CC(C)CC(C)CC(=O)NOCc1ccccc1.CCCCNC(=O)CNC=O.O=CO. The average molecular weight is 484 g/mol. The van der Waals surface area contributed by atoms with Crippen LogP contribution in [0.25, 0.3) is 0 Å². The van der Waals surface area contributed by atoms with E-state index < -0.39 is 0 Å². The molecule has 1 unspecified atom stereocenters. The maximum Gasteiger partial charge on any atom is 0.290 e. The molecule has 0 bridgehead atoms. The monoisotopic (exact) mass is 483 g/mol. The molecule has 0 aliphatic heterocycles. The number of hydrogen-bond acceptors (Lipinski definition) is 5. The molecule has 4 N–H and O–H groups in total. The molecule has 3 amide bonds. The summed E-state index contributed by atoms with van der Waals surface area (Å²) in [6.45, 7) is 13.4. The number of hydroxylamine groups is 1. The van der Waals surface area contributed by atoms with Gasteiger partial charge in [0.05, 0.1) is 13.2 Å². The van der Waals surface area contributed by atoms with Crippen molar-refractivity contribution in [1.29, 1.82) is 0 Å². The highest BCUT2D eigenvalue weighted by molar-refractivity contribution is 5.79. The summed E-state index contributed by atoms with van der Waals surface area (Å²) in [7, 11) is 0. The molecule has 0 radical (unpaired) electrons. The van der Waals surface area contributed by atoms with Crippen LogP contribution in [-0.2, 0) is 30.6 Å². The molecule has 0 fully saturated rings. The zero-order valence-corrected chi connectivity index (χ0v) is 21.6. The molecule has 0 saturated carbocycles. The van der Waals surface area contributed by atoms with E-state index in [0.717, 1.165) is 24.8 Å². The molecule has 0 spiro atoms. The Bertz CT molecular complexity index is 612. The minimum Gasteiger partial charge on any atom is -0.483 e. The molecule has 1 aromatic rings. The van der Waals surface area contributed by atoms with Gasteiger partial charge in [-0.05, 0) is 30.2 Å². The van der Waals surface area contributed by atoms with Gasteiger partial charge in [-0.3, -0.25) is 24.0 Å². The van der Waals surface area contributed by atoms with Crippen LogP contribution in [0, 0.1) is 11.8 Å². The number of unbranched alkanes of at least 4 members (excludes halogenated alkanes) is 1. The Balaban J connectivity index is -0.000000513. The number of rotatable bonds is 13. The Morgan fingerprint density at radius 2 is 1.65 bits per heavy atom. The number of nitrogens with one attached hydrogen (secondary N) is 3. The predicted octanol–water partition coefficient (Wildman–Crippen LogP) is 3.68. The molecule has 9 heteroatoms. The minimum absolute atomic E-state index is 0.0425. The second-order valence-corrected chi connectivity index (χ2v) is 7.55. The molecule has 34 heavy (non-hydrogen) atoms. The van der Waals surface area contributed by atoms with E-state index in [1.165, 1.54) is 0 Å². The quantitative estimate of drug-likeness (QED) is 0.192. The molecular weight excluding hydrogens is 438 g/mol. The first-order chi connectivity index (χ1) is 16.3. The van der Waals surface area contributed by atoms with Crippen molar-refractivity contribution in [1.82, 2.24) is 16.1 Å². The van der Waals surface area contributed by atoms with Gasteiger partial charge in [0.15, 0.2) is 0 Å². The molecular formula is C25H45N3O6. The molecule has 0 saturated heterocycles. The lowest BCUT2D eigenvalue weighted by molar-refractivity contribution is -0.135. The molecule has 0 aromatic heterocycles. The van der Waals surface area contributed by atoms with Crippen LogP contribution in [0.3, 0.4) is 0 Å². The number of carbonyl (C=O) groups is 4. The van der Waals surface area contributed by atoms with Crippen LogP contribution < -0.4 is 16.1 Å². The summed E-state index contributed by atoms with van der Waals surface area (Å²) in [5.41, 5.74) is 3.55. The molecule has 196 valence electrons. The van der Waals surface area contributed by atoms with Gasteiger partial charge in [0, 0.05) is 13.0 Å². The van der Waals surface area contributed by atoms with Crippen molar-refractivity contribution in [2.45, 2.75) is 73.8 Å². The van der Waals surface area contributed by atoms with Gasteiger partial charge in [-0.15, -0.1) is 0 Å². The highest BCUT2D eigenvalue weighted by atomic mass is 16.6. The summed E-state index contributed by atoms with van der Waals surface area (Å²) >= 11 is 0. The minimum atomic E-state index is -0.250. The molecule has 0 aliphatic rings. The van der Waals surface area contributed by atoms with Gasteiger partial charge in [-0.25, -0.2) is 5.48 Å². The van der Waals surface area contributed by atoms with Crippen molar-refractivity contribution in [3.8, 4) is 0 Å². The maximum absolute atomic E-state index is 11.6. The first-order valence-corrected chi connectivity index (χ1v) is 11.8. The third-order valence-corrected chi connectivity index (χ3v) is 3.87. The van der Waals surface area contributed by atoms with Gasteiger partial charge in [0.2, 0.25) is 18.2 Å². The zero-order chi connectivity index (χ0) is 26.6. The van der Waals surface area contributed by atoms with E-state index in [0.29, 0.717) is 37.8 Å². The van der Waals surface area contributed by atoms with Crippen LogP contribution in [0.5, 0.6) is 0 Å². The normalized spacial score (nSPS) is 9.97. The summed E-state index contributed by atoms with van der Waals surface area (Å²) in [5, 5.41) is 11.8. The van der Waals surface area contributed by atoms with Gasteiger partial charge >= 0.3 is 0 Å². The molecule has 9 nitrogen and oxygen atoms in total. The average Bonchev–Trinajstić information content (AvgIpc) is 2.80. The number of carboxylic acid groups (broad SMARTS) is 1. The lowest BCUT2D eigenvalue weighted by Crippen LogP contribution is -2.33. The van der Waals surface area contributed by atoms with Crippen molar-refractivity contribution in [2.75, 3.05) is 13.1 Å². The zero-order valence-electron chi connectivity index (χ0n) is 21.6. The third kappa shape index (κ3) is 29.1. The van der Waals surface area contributed by atoms with Gasteiger partial charge in [-0.2, -0.15) is 0 Å². The standard InChI is InChI=1S/C15H23NO2.C7H14N2O2.C2H6.CH2O2/c1-12(2)9-13(3)10-15(17)16-18-11-14-7-5-4-6-8-14;1-2-3-4-9-7(11)5-8-6-10;1-2;2-1-3/h4-8,12-13H,9-11H2,1-3H3,(H,16,17);6H,2-5H2,1H3,(H,8,10)(H,9,11);1-2H3;1H,(H,2,3). The lowest BCUT2D eigenvalue weighted by Gasteiger charge is -2.13. The number of amides is 3. The highest BCUT2D eigenvalue weighted by Crippen LogP contribution is 2.14. The number of benzene rings is 1. The lowest BCUT2D eigenvalue weighted by atomic mass is 9.96. The van der Waals surface area contributed by atoms with Crippen LogP contribution in [0.1, 0.15) is 72.8 Å². The van der Waals surface area contributed by atoms with E-state index in [2.05, 4.69) is 43.8 Å². The van der Waals surface area contributed by atoms with E-state index in [1.807, 2.05) is 44.2 Å². The maximum atomic E-state index is 11.6. The molecule has 1 atom stereocenters. The van der Waals surface area contributed by atoms with Crippen molar-refractivity contribution in [3.05, 3.63) is 35.9 Å². The molecule has 0 aliphatic carbocycles. The van der Waals surface area contributed by atoms with Crippen molar-refractivity contribution < 1.29 is 29.1 Å². The fourth-order valence-electron chi connectivity index (χ4n) is 2.62. The fourth-order valence-corrected chi connectivity index (χ4v) is 2.62. The summed E-state index contributed by atoms with van der Waals surface area (Å²) in [4.78, 5) is 45.6. The molecule has 0 heterocycles. The number of carbonyl (C=O) groups excluding carboxylic acids is 3. The Morgan fingerprint density at radius 3 is 2.15 bits per heavy atom. The van der Waals surface area contributed by atoms with E-state index in [-0.39, 0.29) is 24.8 Å². The molecule has 1 rings (SSSR count). The van der Waals surface area contributed by atoms with Gasteiger partial charge < -0.3 is 15.7 Å². The second kappa shape index (κ2) is 28.1. The van der Waals surface area contributed by atoms with Crippen LogP contribution >= 0.6 is 0 Å². The Labute approximate surface area is 205 Å². The van der Waals surface area contributed by atoms with Gasteiger partial charge in [0.1, 0.15) is 0 Å². The van der Waals surface area contributed by atoms with E-state index in [1.54, 1.807) is 0 Å². The summed E-state index contributed by atoms with van der Waals surface area (Å²) < 4.78 is 0. The van der Waals surface area contributed by atoms with E-state index >= 15 is 0 Å². The molecule has 1 aromatic carbocycles. The summed E-state index contributed by atoms with van der Waals surface area (Å²) in [6.07, 6.45) is 4.13. The second-order valence-electron chi connectivity index (χ2n) is 7.55. The van der Waals surface area contributed by atoms with Crippen LogP contribution in [-0.4, -0.2) is 42.9 Å². The van der Waals surface area contributed by atoms with E-state index in [4.69, 9.17) is 14.7 Å². The fraction of sp³-hybridized carbons (Fsp3) is 0.600. The highest BCUT2D eigenvalue weighted by Gasteiger charge is 2.10. The van der Waals surface area contributed by atoms with Gasteiger partial charge in [-0.1, -0.05) is 78.3 Å². The smallest absolute Gasteiger partial charge is 0.290 e. The van der Waals surface area contributed by atoms with Crippen LogP contribution in [0.2, 0.25) is 0 Å². The van der Waals surface area contributed by atoms with Crippen LogP contribution in [0.15, 0.2) is 30.3 Å². The first kappa shape index (κ1) is 35.6. The third-order valence-electron chi connectivity index (χ3n) is 3.87. The topological polar surface area (TPSA) is 134 Å². The Kier molecular flexibility index (Phi) is 29.5. The van der Waals surface area contributed by atoms with Crippen molar-refractivity contribution in [3.63, 3.8) is 0 Å². The Morgan fingerprint density at radius 1 is 1.06 bits per heavy atom. The summed E-state index contributed by atoms with van der Waals surface area (Å²) in [5.74, 6) is 0.841. The van der Waals surface area contributed by atoms with E-state index in [9.17, 15) is 14.4 Å². The predicted molar refractivity (Wildman–Crippen MR) is 135 cm³/mol. The summed E-state index contributed by atoms with van der Waals surface area (Å²) in [6, 6.07) is 9.78. The Hall–Kier alpha value is -2.94. The van der Waals surface area contributed by atoms with Crippen molar-refractivity contribution in [2.24, 2.45) is 11.8 Å². The first-order valence-electron chi connectivity index (χ1n) is 11.8. The van der Waals surface area contributed by atoms with Crippen molar-refractivity contribution >= 4 is 24.7 Å². The van der Waals surface area contributed by atoms with Gasteiger partial charge in [0.25, 0.3) is 6.47 Å². The number of hydrogen-bond donors (Lipinski definition) is 4. The van der Waals surface area contributed by atoms with Crippen LogP contribution in [0.4, 0.5) is 0 Å².